The lowest BCUT2D eigenvalue weighted by Gasteiger charge is -2.10. The molecule has 0 aliphatic heterocycles. The van der Waals surface area contributed by atoms with E-state index in [4.69, 9.17) is 27.9 Å². The zero-order valence-corrected chi connectivity index (χ0v) is 10.6. The van der Waals surface area contributed by atoms with Crippen LogP contribution < -0.4 is 4.74 Å². The lowest BCUT2D eigenvalue weighted by Crippen LogP contribution is -2.04. The van der Waals surface area contributed by atoms with Crippen LogP contribution in [0.25, 0.3) is 10.8 Å². The summed E-state index contributed by atoms with van der Waals surface area (Å²) in [6.45, 7) is 3.31. The van der Waals surface area contributed by atoms with Crippen LogP contribution in [-0.4, -0.2) is 11.1 Å². The fourth-order valence-corrected chi connectivity index (χ4v) is 1.98. The first-order valence-corrected chi connectivity index (χ1v) is 5.73. The Labute approximate surface area is 113 Å². The van der Waals surface area contributed by atoms with E-state index in [0.29, 0.717) is 15.8 Å². The van der Waals surface area contributed by atoms with E-state index in [1.807, 2.05) is 0 Å². The Bertz CT molecular complexity index is 650. The van der Waals surface area contributed by atoms with E-state index in [9.17, 15) is 9.90 Å². The third-order valence-electron chi connectivity index (χ3n) is 2.35. The third-order valence-corrected chi connectivity index (χ3v) is 2.87. The number of phenols is 1. The molecule has 0 heterocycles. The molecule has 18 heavy (non-hydrogen) atoms. The summed E-state index contributed by atoms with van der Waals surface area (Å²) in [6, 6.07) is 6.10. The predicted molar refractivity (Wildman–Crippen MR) is 71.5 cm³/mol. The van der Waals surface area contributed by atoms with Crippen LogP contribution in [0.4, 0.5) is 0 Å². The number of halogens is 2. The Morgan fingerprint density at radius 3 is 2.67 bits per heavy atom. The van der Waals surface area contributed by atoms with Crippen molar-refractivity contribution < 1.29 is 14.6 Å². The second-order valence-corrected chi connectivity index (χ2v) is 4.37. The minimum Gasteiger partial charge on any atom is -0.507 e. The number of hydrogen-bond donors (Lipinski definition) is 1. The Morgan fingerprint density at radius 2 is 2.00 bits per heavy atom. The number of aromatic hydroxyl groups is 1. The molecule has 2 rings (SSSR count). The molecule has 0 aromatic heterocycles. The number of ether oxygens (including phenoxy) is 1. The second-order valence-electron chi connectivity index (χ2n) is 3.52. The first-order valence-electron chi connectivity index (χ1n) is 4.98. The van der Waals surface area contributed by atoms with Gasteiger partial charge in [0.2, 0.25) is 0 Å². The summed E-state index contributed by atoms with van der Waals surface area (Å²) in [7, 11) is 0. The standard InChI is InChI=1S/C13H8Cl2O3/c1-2-12(17)18-13-8-4-3-7(14)5-9(8)11(16)6-10(13)15/h2-6,16H,1H2. The van der Waals surface area contributed by atoms with Crippen LogP contribution >= 0.6 is 23.2 Å². The largest absolute Gasteiger partial charge is 0.507 e. The first-order chi connectivity index (χ1) is 8.52. The minimum atomic E-state index is -0.626. The molecule has 0 bridgehead atoms. The highest BCUT2D eigenvalue weighted by atomic mass is 35.5. The lowest BCUT2D eigenvalue weighted by molar-refractivity contribution is -0.128. The predicted octanol–water partition coefficient (Wildman–Crippen LogP) is 3.94. The first kappa shape index (κ1) is 12.7. The molecule has 5 heteroatoms. The van der Waals surface area contributed by atoms with Crippen molar-refractivity contribution in [3.05, 3.63) is 47.0 Å². The van der Waals surface area contributed by atoms with Gasteiger partial charge in [-0.3, -0.25) is 0 Å². The number of carbonyl (C=O) groups excluding carboxylic acids is 1. The van der Waals surface area contributed by atoms with Gasteiger partial charge in [-0.15, -0.1) is 0 Å². The molecular weight excluding hydrogens is 275 g/mol. The SMILES string of the molecule is C=CC(=O)Oc1c(Cl)cc(O)c2cc(Cl)ccc12. The average molecular weight is 283 g/mol. The zero-order chi connectivity index (χ0) is 13.3. The summed E-state index contributed by atoms with van der Waals surface area (Å²) in [5.41, 5.74) is 0. The maximum atomic E-state index is 11.2. The fourth-order valence-electron chi connectivity index (χ4n) is 1.56. The van der Waals surface area contributed by atoms with Gasteiger partial charge >= 0.3 is 5.97 Å². The van der Waals surface area contributed by atoms with Crippen molar-refractivity contribution in [2.45, 2.75) is 0 Å². The lowest BCUT2D eigenvalue weighted by atomic mass is 10.1. The van der Waals surface area contributed by atoms with Crippen molar-refractivity contribution in [2.75, 3.05) is 0 Å². The van der Waals surface area contributed by atoms with Crippen molar-refractivity contribution in [2.24, 2.45) is 0 Å². The summed E-state index contributed by atoms with van der Waals surface area (Å²) >= 11 is 11.8. The van der Waals surface area contributed by atoms with Crippen molar-refractivity contribution >= 4 is 39.9 Å². The molecular formula is C13H8Cl2O3. The second kappa shape index (κ2) is 4.88. The Balaban J connectivity index is 2.71. The highest BCUT2D eigenvalue weighted by Crippen LogP contribution is 2.40. The Kier molecular flexibility index (Phi) is 3.45. The van der Waals surface area contributed by atoms with Crippen molar-refractivity contribution in [3.63, 3.8) is 0 Å². The normalized spacial score (nSPS) is 10.3. The highest BCUT2D eigenvalue weighted by molar-refractivity contribution is 6.34. The maximum Gasteiger partial charge on any atom is 0.335 e. The number of carbonyl (C=O) groups is 1. The number of hydrogen-bond acceptors (Lipinski definition) is 3. The molecule has 0 spiro atoms. The molecule has 0 aliphatic carbocycles. The molecule has 92 valence electrons. The molecule has 0 unspecified atom stereocenters. The van der Waals surface area contributed by atoms with Gasteiger partial charge in [-0.25, -0.2) is 4.79 Å². The van der Waals surface area contributed by atoms with Gasteiger partial charge in [0.05, 0.1) is 5.02 Å². The van der Waals surface area contributed by atoms with E-state index >= 15 is 0 Å². The topological polar surface area (TPSA) is 46.5 Å². The molecule has 0 amide bonds. The van der Waals surface area contributed by atoms with E-state index < -0.39 is 5.97 Å². The van der Waals surface area contributed by atoms with Crippen molar-refractivity contribution in [1.29, 1.82) is 0 Å². The molecule has 2 aromatic carbocycles. The summed E-state index contributed by atoms with van der Waals surface area (Å²) in [6.07, 6.45) is 1.03. The van der Waals surface area contributed by atoms with Crippen LogP contribution in [0.1, 0.15) is 0 Å². The molecule has 3 nitrogen and oxygen atoms in total. The summed E-state index contributed by atoms with van der Waals surface area (Å²) in [5, 5.41) is 11.3. The van der Waals surface area contributed by atoms with Gasteiger partial charge in [-0.2, -0.15) is 0 Å². The number of esters is 1. The average Bonchev–Trinajstić information content (AvgIpc) is 2.34. The van der Waals surface area contributed by atoms with E-state index in [1.54, 1.807) is 18.2 Å². The fraction of sp³-hybridized carbons (Fsp3) is 0. The van der Waals surface area contributed by atoms with Gasteiger partial charge in [0.15, 0.2) is 5.75 Å². The summed E-state index contributed by atoms with van der Waals surface area (Å²) in [5.74, 6) is -0.485. The van der Waals surface area contributed by atoms with Gasteiger partial charge < -0.3 is 9.84 Å². The third kappa shape index (κ3) is 2.28. The van der Waals surface area contributed by atoms with E-state index in [2.05, 4.69) is 6.58 Å². The molecule has 0 atom stereocenters. The summed E-state index contributed by atoms with van der Waals surface area (Å²) < 4.78 is 5.06. The van der Waals surface area contributed by atoms with E-state index in [1.165, 1.54) is 6.07 Å². The number of rotatable bonds is 2. The molecule has 0 saturated heterocycles. The van der Waals surface area contributed by atoms with Crippen LogP contribution in [-0.2, 0) is 4.79 Å². The summed E-state index contributed by atoms with van der Waals surface area (Å²) in [4.78, 5) is 11.2. The number of benzene rings is 2. The zero-order valence-electron chi connectivity index (χ0n) is 9.11. The van der Waals surface area contributed by atoms with Crippen LogP contribution in [0.15, 0.2) is 36.9 Å². The van der Waals surface area contributed by atoms with Crippen LogP contribution in [0, 0.1) is 0 Å². The Morgan fingerprint density at radius 1 is 1.28 bits per heavy atom. The van der Waals surface area contributed by atoms with Crippen LogP contribution in [0.3, 0.4) is 0 Å². The highest BCUT2D eigenvalue weighted by Gasteiger charge is 2.14. The van der Waals surface area contributed by atoms with Gasteiger partial charge in [0.1, 0.15) is 5.75 Å². The van der Waals surface area contributed by atoms with Crippen molar-refractivity contribution in [3.8, 4) is 11.5 Å². The molecule has 1 N–H and O–H groups in total. The minimum absolute atomic E-state index is 0.0316. The van der Waals surface area contributed by atoms with Gasteiger partial charge in [-0.1, -0.05) is 29.8 Å². The molecule has 0 aliphatic rings. The van der Waals surface area contributed by atoms with Gasteiger partial charge in [0.25, 0.3) is 0 Å². The van der Waals surface area contributed by atoms with Gasteiger partial charge in [-0.05, 0) is 18.2 Å². The van der Waals surface area contributed by atoms with E-state index in [-0.39, 0.29) is 16.5 Å². The molecule has 0 radical (unpaired) electrons. The maximum absolute atomic E-state index is 11.2. The molecule has 0 saturated carbocycles. The number of fused-ring (bicyclic) bond motifs is 1. The smallest absolute Gasteiger partial charge is 0.335 e. The van der Waals surface area contributed by atoms with Crippen LogP contribution in [0.2, 0.25) is 10.0 Å². The van der Waals surface area contributed by atoms with Gasteiger partial charge in [0, 0.05) is 27.9 Å². The quantitative estimate of drug-likeness (QED) is 0.516. The van der Waals surface area contributed by atoms with Crippen molar-refractivity contribution in [1.82, 2.24) is 0 Å². The number of phenolic OH excluding ortho intramolecular Hbond substituents is 1. The molecule has 0 fully saturated rings. The Hall–Kier alpha value is -1.71. The monoisotopic (exact) mass is 282 g/mol. The van der Waals surface area contributed by atoms with E-state index in [0.717, 1.165) is 6.08 Å². The molecule has 2 aromatic rings. The van der Waals surface area contributed by atoms with Crippen LogP contribution in [0.5, 0.6) is 11.5 Å².